The number of rotatable bonds is 5. The van der Waals surface area contributed by atoms with Crippen molar-refractivity contribution >= 4 is 17.5 Å². The van der Waals surface area contributed by atoms with Gasteiger partial charge in [0.2, 0.25) is 11.8 Å². The fraction of sp³-hybridized carbons (Fsp3) is 0.467. The van der Waals surface area contributed by atoms with Crippen molar-refractivity contribution in [3.8, 4) is 5.75 Å². The topological polar surface area (TPSA) is 104 Å². The molecule has 0 aromatic heterocycles. The SMILES string of the molecule is Cc1ccc(NC(=O)CNC(=O)[C@@H](N)C(C)C)c(C)c1O. The Morgan fingerprint density at radius 1 is 1.29 bits per heavy atom. The van der Waals surface area contributed by atoms with Gasteiger partial charge in [-0.25, -0.2) is 0 Å². The van der Waals surface area contributed by atoms with Gasteiger partial charge in [-0.1, -0.05) is 19.9 Å². The monoisotopic (exact) mass is 293 g/mol. The third-order valence-electron chi connectivity index (χ3n) is 3.35. The Hall–Kier alpha value is -2.08. The highest BCUT2D eigenvalue weighted by Gasteiger charge is 2.18. The zero-order valence-electron chi connectivity index (χ0n) is 12.9. The minimum Gasteiger partial charge on any atom is -0.507 e. The van der Waals surface area contributed by atoms with Crippen LogP contribution in [-0.2, 0) is 9.59 Å². The minimum absolute atomic E-state index is 0.00403. The van der Waals surface area contributed by atoms with Crippen LogP contribution < -0.4 is 16.4 Å². The molecule has 116 valence electrons. The van der Waals surface area contributed by atoms with Crippen LogP contribution in [0.3, 0.4) is 0 Å². The van der Waals surface area contributed by atoms with Crippen molar-refractivity contribution in [1.29, 1.82) is 0 Å². The van der Waals surface area contributed by atoms with Gasteiger partial charge in [-0.15, -0.1) is 0 Å². The van der Waals surface area contributed by atoms with E-state index >= 15 is 0 Å². The highest BCUT2D eigenvalue weighted by Crippen LogP contribution is 2.27. The number of aromatic hydroxyl groups is 1. The maximum Gasteiger partial charge on any atom is 0.243 e. The molecule has 5 N–H and O–H groups in total. The van der Waals surface area contributed by atoms with E-state index in [1.54, 1.807) is 26.0 Å². The number of benzene rings is 1. The Balaban J connectivity index is 2.59. The molecular weight excluding hydrogens is 270 g/mol. The van der Waals surface area contributed by atoms with Crippen molar-refractivity contribution < 1.29 is 14.7 Å². The number of aryl methyl sites for hydroxylation is 1. The summed E-state index contributed by atoms with van der Waals surface area (Å²) in [5.41, 5.74) is 7.53. The van der Waals surface area contributed by atoms with Gasteiger partial charge in [0.15, 0.2) is 0 Å². The van der Waals surface area contributed by atoms with Gasteiger partial charge < -0.3 is 21.5 Å². The van der Waals surface area contributed by atoms with Crippen LogP contribution >= 0.6 is 0 Å². The molecule has 1 aromatic carbocycles. The summed E-state index contributed by atoms with van der Waals surface area (Å²) in [6, 6.07) is 2.79. The average molecular weight is 293 g/mol. The summed E-state index contributed by atoms with van der Waals surface area (Å²) in [7, 11) is 0. The number of phenolic OH excluding ortho intramolecular Hbond substituents is 1. The minimum atomic E-state index is -0.636. The van der Waals surface area contributed by atoms with E-state index in [0.717, 1.165) is 5.56 Å². The van der Waals surface area contributed by atoms with Gasteiger partial charge in [-0.3, -0.25) is 9.59 Å². The van der Waals surface area contributed by atoms with Crippen molar-refractivity contribution in [3.05, 3.63) is 23.3 Å². The number of carbonyl (C=O) groups excluding carboxylic acids is 2. The second-order valence-electron chi connectivity index (χ2n) is 5.44. The molecule has 6 heteroatoms. The predicted molar refractivity (Wildman–Crippen MR) is 82.0 cm³/mol. The van der Waals surface area contributed by atoms with Gasteiger partial charge in [0.1, 0.15) is 5.75 Å². The third-order valence-corrected chi connectivity index (χ3v) is 3.35. The van der Waals surface area contributed by atoms with Crippen molar-refractivity contribution in [2.24, 2.45) is 11.7 Å². The fourth-order valence-electron chi connectivity index (χ4n) is 1.75. The summed E-state index contributed by atoms with van der Waals surface area (Å²) < 4.78 is 0. The van der Waals surface area contributed by atoms with E-state index in [2.05, 4.69) is 10.6 Å². The Labute approximate surface area is 124 Å². The highest BCUT2D eigenvalue weighted by molar-refractivity contribution is 5.96. The molecular formula is C15H23N3O3. The second-order valence-corrected chi connectivity index (χ2v) is 5.44. The zero-order chi connectivity index (χ0) is 16.2. The van der Waals surface area contributed by atoms with E-state index in [4.69, 9.17) is 5.73 Å². The van der Waals surface area contributed by atoms with Crippen molar-refractivity contribution in [1.82, 2.24) is 5.32 Å². The number of nitrogens with one attached hydrogen (secondary N) is 2. The largest absolute Gasteiger partial charge is 0.507 e. The van der Waals surface area contributed by atoms with E-state index in [1.807, 2.05) is 13.8 Å². The first-order valence-electron chi connectivity index (χ1n) is 6.86. The molecule has 0 unspecified atom stereocenters. The van der Waals surface area contributed by atoms with Crippen molar-refractivity contribution in [2.75, 3.05) is 11.9 Å². The van der Waals surface area contributed by atoms with Gasteiger partial charge in [0, 0.05) is 11.3 Å². The van der Waals surface area contributed by atoms with Crippen LogP contribution in [0.25, 0.3) is 0 Å². The number of phenols is 1. The van der Waals surface area contributed by atoms with Crippen molar-refractivity contribution in [2.45, 2.75) is 33.7 Å². The van der Waals surface area contributed by atoms with E-state index in [0.29, 0.717) is 11.3 Å². The van der Waals surface area contributed by atoms with Crippen molar-refractivity contribution in [3.63, 3.8) is 0 Å². The van der Waals surface area contributed by atoms with Gasteiger partial charge >= 0.3 is 0 Å². The van der Waals surface area contributed by atoms with Crippen LogP contribution in [0.5, 0.6) is 5.75 Å². The fourth-order valence-corrected chi connectivity index (χ4v) is 1.75. The predicted octanol–water partition coefficient (Wildman–Crippen LogP) is 1.05. The van der Waals surface area contributed by atoms with Crippen LogP contribution in [0.4, 0.5) is 5.69 Å². The summed E-state index contributed by atoms with van der Waals surface area (Å²) in [4.78, 5) is 23.5. The first-order valence-corrected chi connectivity index (χ1v) is 6.86. The van der Waals surface area contributed by atoms with Gasteiger partial charge in [-0.2, -0.15) is 0 Å². The standard InChI is InChI=1S/C15H23N3O3/c1-8(2)13(16)15(21)17-7-12(19)18-11-6-5-9(3)14(20)10(11)4/h5-6,8,13,20H,7,16H2,1-4H3,(H,17,21)(H,18,19)/t13-/m0/s1. The molecule has 1 atom stereocenters. The summed E-state index contributed by atoms with van der Waals surface area (Å²) in [5, 5.41) is 15.0. The summed E-state index contributed by atoms with van der Waals surface area (Å²) in [6.45, 7) is 7.01. The maximum absolute atomic E-state index is 11.8. The molecule has 1 aromatic rings. The van der Waals surface area contributed by atoms with E-state index < -0.39 is 6.04 Å². The van der Waals surface area contributed by atoms with Gasteiger partial charge in [0.05, 0.1) is 12.6 Å². The number of hydrogen-bond acceptors (Lipinski definition) is 4. The lowest BCUT2D eigenvalue weighted by Crippen LogP contribution is -2.46. The highest BCUT2D eigenvalue weighted by atomic mass is 16.3. The molecule has 0 heterocycles. The maximum atomic E-state index is 11.8. The normalized spacial score (nSPS) is 12.1. The molecule has 21 heavy (non-hydrogen) atoms. The van der Waals surface area contributed by atoms with Crippen LogP contribution in [-0.4, -0.2) is 29.5 Å². The van der Waals surface area contributed by atoms with E-state index in [9.17, 15) is 14.7 Å². The zero-order valence-corrected chi connectivity index (χ0v) is 12.9. The Morgan fingerprint density at radius 3 is 2.48 bits per heavy atom. The van der Waals surface area contributed by atoms with E-state index in [1.165, 1.54) is 0 Å². The molecule has 2 amide bonds. The molecule has 0 aliphatic rings. The lowest BCUT2D eigenvalue weighted by molar-refractivity contribution is -0.125. The Kier molecular flexibility index (Phi) is 5.72. The quantitative estimate of drug-likeness (QED) is 0.651. The third kappa shape index (κ3) is 4.46. The molecule has 6 nitrogen and oxygen atoms in total. The number of nitrogens with two attached hydrogens (primary N) is 1. The molecule has 0 saturated heterocycles. The molecule has 1 rings (SSSR count). The molecule has 0 aliphatic heterocycles. The second kappa shape index (κ2) is 7.08. The molecule has 0 fully saturated rings. The first-order chi connectivity index (χ1) is 9.73. The number of hydrogen-bond donors (Lipinski definition) is 4. The van der Waals surface area contributed by atoms with Crippen LogP contribution in [0, 0.1) is 19.8 Å². The van der Waals surface area contributed by atoms with Crippen LogP contribution in [0.1, 0.15) is 25.0 Å². The summed E-state index contributed by atoms with van der Waals surface area (Å²) in [5.74, 6) is -0.572. The van der Waals surface area contributed by atoms with Crippen LogP contribution in [0.15, 0.2) is 12.1 Å². The molecule has 0 bridgehead atoms. The lowest BCUT2D eigenvalue weighted by Gasteiger charge is -2.15. The lowest BCUT2D eigenvalue weighted by atomic mass is 10.1. The molecule has 0 aliphatic carbocycles. The van der Waals surface area contributed by atoms with E-state index in [-0.39, 0.29) is 30.0 Å². The summed E-state index contributed by atoms with van der Waals surface area (Å²) in [6.07, 6.45) is 0. The molecule has 0 spiro atoms. The Bertz CT molecular complexity index is 541. The number of anilines is 1. The van der Waals surface area contributed by atoms with Gasteiger partial charge in [0.25, 0.3) is 0 Å². The summed E-state index contributed by atoms with van der Waals surface area (Å²) >= 11 is 0. The first kappa shape index (κ1) is 17.0. The van der Waals surface area contributed by atoms with Crippen LogP contribution in [0.2, 0.25) is 0 Å². The Morgan fingerprint density at radius 2 is 1.90 bits per heavy atom. The number of amides is 2. The average Bonchev–Trinajstić information content (AvgIpc) is 2.44. The van der Waals surface area contributed by atoms with Gasteiger partial charge in [-0.05, 0) is 31.4 Å². The smallest absolute Gasteiger partial charge is 0.243 e. The molecule has 0 radical (unpaired) electrons. The molecule has 0 saturated carbocycles. The number of carbonyl (C=O) groups is 2.